The third kappa shape index (κ3) is 3.84. The summed E-state index contributed by atoms with van der Waals surface area (Å²) in [4.78, 5) is 22.7. The Labute approximate surface area is 178 Å². The summed E-state index contributed by atoms with van der Waals surface area (Å²) in [5.74, 6) is 1.20. The monoisotopic (exact) mass is 419 g/mol. The number of rotatable bonds is 6. The van der Waals surface area contributed by atoms with Gasteiger partial charge in [-0.1, -0.05) is 12.1 Å². The van der Waals surface area contributed by atoms with Gasteiger partial charge in [0.1, 0.15) is 22.7 Å². The van der Waals surface area contributed by atoms with Crippen LogP contribution in [0.25, 0.3) is 21.3 Å². The van der Waals surface area contributed by atoms with Crippen LogP contribution < -0.4 is 10.1 Å². The predicted octanol–water partition coefficient (Wildman–Crippen LogP) is 5.60. The number of carbonyl (C=O) groups is 1. The van der Waals surface area contributed by atoms with E-state index >= 15 is 0 Å². The minimum Gasteiger partial charge on any atom is -0.494 e. The van der Waals surface area contributed by atoms with Crippen molar-refractivity contribution in [3.63, 3.8) is 0 Å². The normalized spacial score (nSPS) is 10.8. The maximum absolute atomic E-state index is 11.7. The van der Waals surface area contributed by atoms with Gasteiger partial charge in [-0.05, 0) is 55.8 Å². The molecular weight excluding hydrogens is 398 g/mol. The highest BCUT2D eigenvalue weighted by Gasteiger charge is 2.17. The quantitative estimate of drug-likeness (QED) is 0.410. The lowest BCUT2D eigenvalue weighted by molar-refractivity contribution is 0.0601. The molecule has 0 atom stereocenters. The third-order valence-corrected chi connectivity index (χ3v) is 5.70. The first-order chi connectivity index (χ1) is 14.6. The predicted molar refractivity (Wildman–Crippen MR) is 120 cm³/mol. The van der Waals surface area contributed by atoms with E-state index in [1.165, 1.54) is 12.0 Å². The van der Waals surface area contributed by atoms with Crippen molar-refractivity contribution in [1.82, 2.24) is 9.97 Å². The lowest BCUT2D eigenvalue weighted by atomic mass is 10.0. The first kappa shape index (κ1) is 19.8. The Bertz CT molecular complexity index is 1190. The minimum atomic E-state index is -0.364. The maximum Gasteiger partial charge on any atom is 0.337 e. The molecular formula is C23H21N3O3S. The zero-order valence-corrected chi connectivity index (χ0v) is 17.7. The fourth-order valence-electron chi connectivity index (χ4n) is 3.32. The zero-order valence-electron chi connectivity index (χ0n) is 16.9. The summed E-state index contributed by atoms with van der Waals surface area (Å²) in [6.45, 7) is 4.70. The second kappa shape index (κ2) is 8.51. The molecule has 30 heavy (non-hydrogen) atoms. The molecule has 0 aliphatic rings. The number of methoxy groups -OCH3 is 1. The molecule has 152 valence electrons. The fraction of sp³-hybridized carbons (Fsp3) is 0.174. The van der Waals surface area contributed by atoms with E-state index in [1.54, 1.807) is 29.8 Å². The summed E-state index contributed by atoms with van der Waals surface area (Å²) in [5.41, 5.74) is 3.51. The average molecular weight is 420 g/mol. The molecule has 1 N–H and O–H groups in total. The van der Waals surface area contributed by atoms with Gasteiger partial charge in [-0.3, -0.25) is 0 Å². The van der Waals surface area contributed by atoms with E-state index in [2.05, 4.69) is 34.3 Å². The van der Waals surface area contributed by atoms with Crippen LogP contribution >= 0.6 is 11.3 Å². The molecule has 6 nitrogen and oxygen atoms in total. The van der Waals surface area contributed by atoms with E-state index in [9.17, 15) is 4.79 Å². The number of fused-ring (bicyclic) bond motifs is 1. The van der Waals surface area contributed by atoms with Gasteiger partial charge in [0.15, 0.2) is 0 Å². The van der Waals surface area contributed by atoms with Crippen molar-refractivity contribution >= 4 is 39.0 Å². The number of hydrogen-bond acceptors (Lipinski definition) is 7. The summed E-state index contributed by atoms with van der Waals surface area (Å²) >= 11 is 1.64. The number of aryl methyl sites for hydroxylation is 1. The summed E-state index contributed by atoms with van der Waals surface area (Å²) in [7, 11) is 1.37. The van der Waals surface area contributed by atoms with Gasteiger partial charge in [-0.25, -0.2) is 14.8 Å². The number of thiophene rings is 1. The molecule has 0 saturated heterocycles. The number of benzene rings is 2. The highest BCUT2D eigenvalue weighted by molar-refractivity contribution is 7.19. The summed E-state index contributed by atoms with van der Waals surface area (Å²) in [5, 5.41) is 4.34. The van der Waals surface area contributed by atoms with E-state index in [0.29, 0.717) is 12.2 Å². The molecule has 4 aromatic rings. The van der Waals surface area contributed by atoms with Gasteiger partial charge in [-0.2, -0.15) is 0 Å². The van der Waals surface area contributed by atoms with Gasteiger partial charge >= 0.3 is 5.97 Å². The highest BCUT2D eigenvalue weighted by atomic mass is 32.1. The van der Waals surface area contributed by atoms with Gasteiger partial charge in [0, 0.05) is 16.1 Å². The number of hydrogen-bond donors (Lipinski definition) is 1. The third-order valence-electron chi connectivity index (χ3n) is 4.69. The average Bonchev–Trinajstić information content (AvgIpc) is 3.11. The molecule has 0 saturated carbocycles. The second-order valence-electron chi connectivity index (χ2n) is 6.59. The van der Waals surface area contributed by atoms with Gasteiger partial charge < -0.3 is 14.8 Å². The smallest absolute Gasteiger partial charge is 0.337 e. The fourth-order valence-corrected chi connectivity index (χ4v) is 4.33. The van der Waals surface area contributed by atoms with Gasteiger partial charge in [0.05, 0.1) is 24.7 Å². The molecule has 0 radical (unpaired) electrons. The van der Waals surface area contributed by atoms with Crippen LogP contribution in [0, 0.1) is 6.92 Å². The van der Waals surface area contributed by atoms with Crippen LogP contribution in [0.4, 0.5) is 11.5 Å². The molecule has 2 heterocycles. The van der Waals surface area contributed by atoms with E-state index in [4.69, 9.17) is 9.47 Å². The molecule has 0 bridgehead atoms. The number of carbonyl (C=O) groups excluding carboxylic acids is 1. The van der Waals surface area contributed by atoms with Crippen molar-refractivity contribution in [1.29, 1.82) is 0 Å². The topological polar surface area (TPSA) is 73.3 Å². The van der Waals surface area contributed by atoms with Gasteiger partial charge in [-0.15, -0.1) is 11.3 Å². The van der Waals surface area contributed by atoms with Crippen LogP contribution in [0.2, 0.25) is 0 Å². The number of esters is 1. The Morgan fingerprint density at radius 2 is 1.80 bits per heavy atom. The van der Waals surface area contributed by atoms with Crippen molar-refractivity contribution in [2.75, 3.05) is 19.0 Å². The Hall–Kier alpha value is -3.45. The number of ether oxygens (including phenoxy) is 2. The summed E-state index contributed by atoms with van der Waals surface area (Å²) < 4.78 is 10.3. The molecule has 0 amide bonds. The zero-order chi connectivity index (χ0) is 21.1. The molecule has 4 rings (SSSR count). The van der Waals surface area contributed by atoms with Crippen LogP contribution in [0.5, 0.6) is 5.75 Å². The van der Waals surface area contributed by atoms with Crippen molar-refractivity contribution in [2.45, 2.75) is 13.8 Å². The standard InChI is InChI=1S/C23H21N3O3S/c1-4-29-18-11-7-15(8-12-18)19-14(2)30-22-20(19)21(24-13-25-22)26-17-9-5-16(6-10-17)23(27)28-3/h5-13H,4H2,1-3H3,(H,24,25,26). The Kier molecular flexibility index (Phi) is 5.63. The largest absolute Gasteiger partial charge is 0.494 e. The molecule has 7 heteroatoms. The Morgan fingerprint density at radius 1 is 1.07 bits per heavy atom. The van der Waals surface area contributed by atoms with Crippen LogP contribution in [0.15, 0.2) is 54.9 Å². The van der Waals surface area contributed by atoms with Crippen LogP contribution in [0.1, 0.15) is 22.2 Å². The summed E-state index contributed by atoms with van der Waals surface area (Å²) in [6, 6.07) is 15.2. The van der Waals surface area contributed by atoms with E-state index in [1.807, 2.05) is 31.2 Å². The molecule has 0 aliphatic carbocycles. The second-order valence-corrected chi connectivity index (χ2v) is 7.79. The maximum atomic E-state index is 11.7. The van der Waals surface area contributed by atoms with Crippen LogP contribution in [-0.4, -0.2) is 29.7 Å². The summed E-state index contributed by atoms with van der Waals surface area (Å²) in [6.07, 6.45) is 1.56. The van der Waals surface area contributed by atoms with Gasteiger partial charge in [0.25, 0.3) is 0 Å². The van der Waals surface area contributed by atoms with Crippen molar-refractivity contribution in [3.05, 3.63) is 65.3 Å². The van der Waals surface area contributed by atoms with E-state index < -0.39 is 0 Å². The van der Waals surface area contributed by atoms with Crippen molar-refractivity contribution in [2.24, 2.45) is 0 Å². The highest BCUT2D eigenvalue weighted by Crippen LogP contribution is 2.41. The van der Waals surface area contributed by atoms with Crippen molar-refractivity contribution < 1.29 is 14.3 Å². The number of nitrogens with one attached hydrogen (secondary N) is 1. The first-order valence-corrected chi connectivity index (χ1v) is 10.3. The molecule has 0 unspecified atom stereocenters. The van der Waals surface area contributed by atoms with Gasteiger partial charge in [0.2, 0.25) is 0 Å². The molecule has 2 aromatic carbocycles. The van der Waals surface area contributed by atoms with E-state index in [-0.39, 0.29) is 5.97 Å². The van der Waals surface area contributed by atoms with Crippen molar-refractivity contribution in [3.8, 4) is 16.9 Å². The SMILES string of the molecule is CCOc1ccc(-c2c(C)sc3ncnc(Nc4ccc(C(=O)OC)cc4)c23)cc1. The Morgan fingerprint density at radius 3 is 2.47 bits per heavy atom. The minimum absolute atomic E-state index is 0.364. The molecule has 2 aromatic heterocycles. The van der Waals surface area contributed by atoms with Crippen LogP contribution in [-0.2, 0) is 4.74 Å². The van der Waals surface area contributed by atoms with Crippen LogP contribution in [0.3, 0.4) is 0 Å². The number of nitrogens with zero attached hydrogens (tertiary/aromatic N) is 2. The number of anilines is 2. The first-order valence-electron chi connectivity index (χ1n) is 9.53. The number of aromatic nitrogens is 2. The lowest BCUT2D eigenvalue weighted by Gasteiger charge is -2.10. The lowest BCUT2D eigenvalue weighted by Crippen LogP contribution is -2.01. The molecule has 0 fully saturated rings. The molecule has 0 spiro atoms. The Balaban J connectivity index is 1.73. The molecule has 0 aliphatic heterocycles. The van der Waals surface area contributed by atoms with E-state index in [0.717, 1.165) is 38.6 Å².